The average Bonchev–Trinajstić information content (AvgIpc) is 2.45. The Kier molecular flexibility index (Phi) is 4.50. The van der Waals surface area contributed by atoms with Crippen molar-refractivity contribution in [3.8, 4) is 0 Å². The van der Waals surface area contributed by atoms with Gasteiger partial charge in [-0.2, -0.15) is 13.2 Å². The van der Waals surface area contributed by atoms with Crippen molar-refractivity contribution in [2.24, 2.45) is 0 Å². The van der Waals surface area contributed by atoms with E-state index in [2.05, 4.69) is 0 Å². The first kappa shape index (κ1) is 17.8. The molecule has 6 heteroatoms. The van der Waals surface area contributed by atoms with Crippen LogP contribution in [0.15, 0.2) is 24.3 Å². The smallest absolute Gasteiger partial charge is 0.380 e. The first-order valence-corrected chi connectivity index (χ1v) is 7.64. The summed E-state index contributed by atoms with van der Waals surface area (Å²) >= 11 is 0. The minimum Gasteiger partial charge on any atom is -0.380 e. The number of aliphatic hydroxyl groups is 1. The van der Waals surface area contributed by atoms with Gasteiger partial charge in [-0.3, -0.25) is 4.79 Å². The summed E-state index contributed by atoms with van der Waals surface area (Å²) in [4.78, 5) is 14.1. The van der Waals surface area contributed by atoms with Crippen LogP contribution in [0.25, 0.3) is 0 Å². The first-order valence-electron chi connectivity index (χ1n) is 7.64. The molecule has 0 bridgehead atoms. The number of piperidine rings is 1. The largest absolute Gasteiger partial charge is 0.417 e. The normalized spacial score (nSPS) is 18.8. The van der Waals surface area contributed by atoms with Gasteiger partial charge in [-0.1, -0.05) is 39.0 Å². The molecule has 1 N–H and O–H groups in total. The monoisotopic (exact) mass is 329 g/mol. The van der Waals surface area contributed by atoms with Crippen LogP contribution < -0.4 is 0 Å². The SMILES string of the molecule is CC(C)(C)c1ccccc1C(=O)N1CCC(O)(C(F)(F)F)CC1. The maximum Gasteiger partial charge on any atom is 0.417 e. The molecule has 2 rings (SSSR count). The summed E-state index contributed by atoms with van der Waals surface area (Å²) in [5.74, 6) is -0.278. The summed E-state index contributed by atoms with van der Waals surface area (Å²) in [6.07, 6.45) is -5.63. The van der Waals surface area contributed by atoms with Gasteiger partial charge in [0.05, 0.1) is 0 Å². The van der Waals surface area contributed by atoms with Gasteiger partial charge in [-0.15, -0.1) is 0 Å². The fourth-order valence-corrected chi connectivity index (χ4v) is 2.86. The van der Waals surface area contributed by atoms with Crippen molar-refractivity contribution in [3.05, 3.63) is 35.4 Å². The summed E-state index contributed by atoms with van der Waals surface area (Å²) in [6.45, 7) is 5.74. The number of nitrogens with zero attached hydrogens (tertiary/aromatic N) is 1. The van der Waals surface area contributed by atoms with Gasteiger partial charge < -0.3 is 10.0 Å². The second kappa shape index (κ2) is 5.82. The number of hydrogen-bond donors (Lipinski definition) is 1. The zero-order valence-electron chi connectivity index (χ0n) is 13.6. The van der Waals surface area contributed by atoms with Crippen molar-refractivity contribution in [2.45, 2.75) is 50.8 Å². The van der Waals surface area contributed by atoms with Crippen LogP contribution in [0.1, 0.15) is 49.5 Å². The molecule has 128 valence electrons. The van der Waals surface area contributed by atoms with E-state index in [1.54, 1.807) is 12.1 Å². The van der Waals surface area contributed by atoms with Crippen molar-refractivity contribution in [3.63, 3.8) is 0 Å². The molecule has 1 heterocycles. The fraction of sp³-hybridized carbons (Fsp3) is 0.588. The summed E-state index contributed by atoms with van der Waals surface area (Å²) in [5.41, 5.74) is -1.55. The maximum absolute atomic E-state index is 12.8. The number of hydrogen-bond acceptors (Lipinski definition) is 2. The maximum atomic E-state index is 12.8. The lowest BCUT2D eigenvalue weighted by atomic mass is 9.83. The molecular weight excluding hydrogens is 307 g/mol. The predicted octanol–water partition coefficient (Wildman–Crippen LogP) is 3.51. The molecule has 0 unspecified atom stereocenters. The van der Waals surface area contributed by atoms with Crippen molar-refractivity contribution < 1.29 is 23.1 Å². The Balaban J connectivity index is 2.19. The molecule has 1 aromatic carbocycles. The van der Waals surface area contributed by atoms with Crippen LogP contribution in [-0.2, 0) is 5.41 Å². The number of amides is 1. The van der Waals surface area contributed by atoms with E-state index in [1.165, 1.54) is 4.90 Å². The number of likely N-dealkylation sites (tertiary alicyclic amines) is 1. The van der Waals surface area contributed by atoms with Gasteiger partial charge in [0.1, 0.15) is 0 Å². The van der Waals surface area contributed by atoms with E-state index in [4.69, 9.17) is 0 Å². The molecule has 1 saturated heterocycles. The molecule has 1 aliphatic heterocycles. The number of rotatable bonds is 1. The van der Waals surface area contributed by atoms with E-state index in [-0.39, 0.29) is 24.4 Å². The molecule has 1 aromatic rings. The summed E-state index contributed by atoms with van der Waals surface area (Å²) < 4.78 is 38.5. The van der Waals surface area contributed by atoms with E-state index in [0.29, 0.717) is 5.56 Å². The van der Waals surface area contributed by atoms with Gasteiger partial charge in [0.15, 0.2) is 5.60 Å². The van der Waals surface area contributed by atoms with Crippen LogP contribution in [-0.4, -0.2) is 40.8 Å². The summed E-state index contributed by atoms with van der Waals surface area (Å²) in [7, 11) is 0. The minimum atomic E-state index is -4.66. The highest BCUT2D eigenvalue weighted by Gasteiger charge is 2.55. The molecule has 0 aromatic heterocycles. The van der Waals surface area contributed by atoms with E-state index in [0.717, 1.165) is 5.56 Å². The molecule has 0 aliphatic carbocycles. The molecule has 0 atom stereocenters. The minimum absolute atomic E-state index is 0.104. The Hall–Kier alpha value is -1.56. The highest BCUT2D eigenvalue weighted by molar-refractivity contribution is 5.96. The lowest BCUT2D eigenvalue weighted by molar-refractivity contribution is -0.271. The fourth-order valence-electron chi connectivity index (χ4n) is 2.86. The summed E-state index contributed by atoms with van der Waals surface area (Å²) in [6, 6.07) is 7.16. The van der Waals surface area contributed by atoms with E-state index in [9.17, 15) is 23.1 Å². The highest BCUT2D eigenvalue weighted by atomic mass is 19.4. The Bertz CT molecular complexity index is 582. The molecule has 1 amide bonds. The molecule has 0 saturated carbocycles. The van der Waals surface area contributed by atoms with Crippen molar-refractivity contribution in [2.75, 3.05) is 13.1 Å². The molecule has 0 spiro atoms. The van der Waals surface area contributed by atoms with Gasteiger partial charge in [-0.25, -0.2) is 0 Å². The van der Waals surface area contributed by atoms with Crippen LogP contribution in [0, 0.1) is 0 Å². The van der Waals surface area contributed by atoms with Gasteiger partial charge in [-0.05, 0) is 17.0 Å². The molecule has 1 fully saturated rings. The lowest BCUT2D eigenvalue weighted by Gasteiger charge is -2.39. The Morgan fingerprint density at radius 1 is 1.13 bits per heavy atom. The van der Waals surface area contributed by atoms with Crippen LogP contribution in [0.3, 0.4) is 0 Å². The van der Waals surface area contributed by atoms with Crippen LogP contribution in [0.5, 0.6) is 0 Å². The predicted molar refractivity (Wildman–Crippen MR) is 81.3 cm³/mol. The third-order valence-corrected chi connectivity index (χ3v) is 4.37. The molecule has 0 radical (unpaired) electrons. The van der Waals surface area contributed by atoms with E-state index in [1.807, 2.05) is 32.9 Å². The van der Waals surface area contributed by atoms with Crippen LogP contribution in [0.2, 0.25) is 0 Å². The zero-order chi connectivity index (χ0) is 17.5. The van der Waals surface area contributed by atoms with Crippen LogP contribution >= 0.6 is 0 Å². The number of halogens is 3. The first-order chi connectivity index (χ1) is 10.5. The molecular formula is C17H22F3NO2. The standard InChI is InChI=1S/C17H22F3NO2/c1-15(2,3)13-7-5-4-6-12(13)14(22)21-10-8-16(23,9-11-21)17(18,19)20/h4-7,23H,8-11H2,1-3H3. The second-order valence-corrected chi connectivity index (χ2v) is 7.12. The van der Waals surface area contributed by atoms with Gasteiger partial charge >= 0.3 is 6.18 Å². The van der Waals surface area contributed by atoms with Crippen molar-refractivity contribution in [1.29, 1.82) is 0 Å². The molecule has 23 heavy (non-hydrogen) atoms. The number of carbonyl (C=O) groups is 1. The van der Waals surface area contributed by atoms with Crippen molar-refractivity contribution >= 4 is 5.91 Å². The van der Waals surface area contributed by atoms with Crippen molar-refractivity contribution in [1.82, 2.24) is 4.90 Å². The zero-order valence-corrected chi connectivity index (χ0v) is 13.6. The number of alkyl halides is 3. The third kappa shape index (κ3) is 3.52. The van der Waals surface area contributed by atoms with Gasteiger partial charge in [0, 0.05) is 31.5 Å². The molecule has 1 aliphatic rings. The van der Waals surface area contributed by atoms with Gasteiger partial charge in [0.25, 0.3) is 5.91 Å². The highest BCUT2D eigenvalue weighted by Crippen LogP contribution is 2.38. The Labute approximate surface area is 134 Å². The second-order valence-electron chi connectivity index (χ2n) is 7.12. The van der Waals surface area contributed by atoms with Gasteiger partial charge in [0.2, 0.25) is 0 Å². The van der Waals surface area contributed by atoms with E-state index >= 15 is 0 Å². The third-order valence-electron chi connectivity index (χ3n) is 4.37. The Morgan fingerprint density at radius 3 is 2.13 bits per heavy atom. The molecule has 3 nitrogen and oxygen atoms in total. The number of benzene rings is 1. The average molecular weight is 329 g/mol. The topological polar surface area (TPSA) is 40.5 Å². The lowest BCUT2D eigenvalue weighted by Crippen LogP contribution is -2.54. The summed E-state index contributed by atoms with van der Waals surface area (Å²) in [5, 5.41) is 9.70. The van der Waals surface area contributed by atoms with Crippen LogP contribution in [0.4, 0.5) is 13.2 Å². The Morgan fingerprint density at radius 2 is 1.65 bits per heavy atom. The number of carbonyl (C=O) groups excluding carboxylic acids is 1. The quantitative estimate of drug-likeness (QED) is 0.856. The van der Waals surface area contributed by atoms with E-state index < -0.39 is 24.6 Å².